The third-order valence-electron chi connectivity index (χ3n) is 4.78. The van der Waals surface area contributed by atoms with E-state index in [2.05, 4.69) is 0 Å². The number of carbonyl (C=O) groups is 3. The van der Waals surface area contributed by atoms with E-state index < -0.39 is 24.2 Å². The lowest BCUT2D eigenvalue weighted by Gasteiger charge is -2.27. The summed E-state index contributed by atoms with van der Waals surface area (Å²) in [4.78, 5) is 39.3. The van der Waals surface area contributed by atoms with Crippen LogP contribution in [0.4, 0.5) is 9.59 Å². The molecule has 0 spiro atoms. The van der Waals surface area contributed by atoms with Gasteiger partial charge in [0, 0.05) is 13.1 Å². The van der Waals surface area contributed by atoms with E-state index in [4.69, 9.17) is 9.47 Å². The van der Waals surface area contributed by atoms with Gasteiger partial charge in [0.05, 0.1) is 6.54 Å². The molecule has 1 N–H and O–H groups in total. The lowest BCUT2D eigenvalue weighted by molar-refractivity contribution is -0.142. The molecular weight excluding hydrogens is 388 g/mol. The minimum absolute atomic E-state index is 0.0470. The molecule has 8 nitrogen and oxygen atoms in total. The molecule has 2 aromatic rings. The second-order valence-corrected chi connectivity index (χ2v) is 6.93. The Morgan fingerprint density at radius 1 is 0.833 bits per heavy atom. The van der Waals surface area contributed by atoms with Crippen LogP contribution in [0.3, 0.4) is 0 Å². The molecule has 0 radical (unpaired) electrons. The molecule has 3 rings (SSSR count). The Bertz CT molecular complexity index is 858. The van der Waals surface area contributed by atoms with Crippen molar-refractivity contribution in [3.8, 4) is 0 Å². The molecular formula is C22H24N2O6. The first-order chi connectivity index (χ1) is 14.5. The van der Waals surface area contributed by atoms with Gasteiger partial charge >= 0.3 is 18.2 Å². The molecule has 1 saturated heterocycles. The fourth-order valence-corrected chi connectivity index (χ4v) is 3.19. The van der Waals surface area contributed by atoms with Crippen LogP contribution in [0.15, 0.2) is 60.7 Å². The van der Waals surface area contributed by atoms with Crippen LogP contribution in [0.1, 0.15) is 17.5 Å². The molecule has 1 atom stereocenters. The Balaban J connectivity index is 1.60. The molecule has 8 heteroatoms. The van der Waals surface area contributed by atoms with Crippen molar-refractivity contribution in [3.63, 3.8) is 0 Å². The molecule has 1 heterocycles. The number of aliphatic carboxylic acids is 1. The number of hydrogen-bond donors (Lipinski definition) is 1. The maximum absolute atomic E-state index is 12.5. The number of nitrogens with zero attached hydrogens (tertiary/aromatic N) is 2. The summed E-state index contributed by atoms with van der Waals surface area (Å²) in [6.45, 7) is 0.443. The predicted octanol–water partition coefficient (Wildman–Crippen LogP) is 3.12. The topological polar surface area (TPSA) is 96.4 Å². The lowest BCUT2D eigenvalue weighted by atomic mass is 10.2. The third-order valence-corrected chi connectivity index (χ3v) is 4.78. The summed E-state index contributed by atoms with van der Waals surface area (Å²) in [6, 6.07) is 17.1. The number of hydrogen-bond acceptors (Lipinski definition) is 5. The summed E-state index contributed by atoms with van der Waals surface area (Å²) < 4.78 is 10.6. The normalized spacial score (nSPS) is 16.5. The summed E-state index contributed by atoms with van der Waals surface area (Å²) in [5.74, 6) is -1.20. The molecule has 0 bridgehead atoms. The number of carboxylic acid groups (broad SMARTS) is 1. The van der Waals surface area contributed by atoms with Crippen molar-refractivity contribution in [2.75, 3.05) is 19.6 Å². The minimum atomic E-state index is -1.21. The van der Waals surface area contributed by atoms with E-state index in [1.54, 1.807) is 0 Å². The average molecular weight is 412 g/mol. The quantitative estimate of drug-likeness (QED) is 0.811. The SMILES string of the molecule is O=C(O)[C@@H]1CN(C(=O)OCc2ccccc2)CCCN1C(=O)OCc1ccccc1. The number of carboxylic acids is 1. The molecule has 1 fully saturated rings. The van der Waals surface area contributed by atoms with Gasteiger partial charge in [-0.15, -0.1) is 0 Å². The standard InChI is InChI=1S/C22H24N2O6/c25-20(26)19-14-23(21(27)29-15-17-8-3-1-4-9-17)12-7-13-24(19)22(28)30-16-18-10-5-2-6-11-18/h1-6,8-11,19H,7,12-16H2,(H,25,26)/t19-/m0/s1. The van der Waals surface area contributed by atoms with Crippen LogP contribution in [-0.2, 0) is 27.5 Å². The van der Waals surface area contributed by atoms with Crippen LogP contribution < -0.4 is 0 Å². The largest absolute Gasteiger partial charge is 0.480 e. The second kappa shape index (κ2) is 10.3. The highest BCUT2D eigenvalue weighted by atomic mass is 16.6. The van der Waals surface area contributed by atoms with Gasteiger partial charge in [-0.05, 0) is 17.5 Å². The molecule has 2 amide bonds. The van der Waals surface area contributed by atoms with Gasteiger partial charge in [-0.3, -0.25) is 4.90 Å². The lowest BCUT2D eigenvalue weighted by Crippen LogP contribution is -2.50. The molecule has 0 aromatic heterocycles. The van der Waals surface area contributed by atoms with Crippen LogP contribution in [0.5, 0.6) is 0 Å². The Morgan fingerprint density at radius 2 is 1.37 bits per heavy atom. The first kappa shape index (κ1) is 21.2. The van der Waals surface area contributed by atoms with E-state index in [-0.39, 0.29) is 26.3 Å². The summed E-state index contributed by atoms with van der Waals surface area (Å²) in [6.07, 6.45) is -0.902. The molecule has 158 valence electrons. The van der Waals surface area contributed by atoms with Gasteiger partial charge in [0.1, 0.15) is 13.2 Å². The maximum atomic E-state index is 12.5. The Morgan fingerprint density at radius 3 is 1.90 bits per heavy atom. The van der Waals surface area contributed by atoms with Gasteiger partial charge in [0.2, 0.25) is 0 Å². The number of amides is 2. The fourth-order valence-electron chi connectivity index (χ4n) is 3.19. The molecule has 0 unspecified atom stereocenters. The van der Waals surface area contributed by atoms with E-state index in [1.807, 2.05) is 60.7 Å². The maximum Gasteiger partial charge on any atom is 0.410 e. The predicted molar refractivity (Wildman–Crippen MR) is 108 cm³/mol. The van der Waals surface area contributed by atoms with Crippen molar-refractivity contribution in [2.24, 2.45) is 0 Å². The number of rotatable bonds is 5. The van der Waals surface area contributed by atoms with Gasteiger partial charge < -0.3 is 19.5 Å². The highest BCUT2D eigenvalue weighted by Crippen LogP contribution is 2.15. The third kappa shape index (κ3) is 5.73. The number of carbonyl (C=O) groups excluding carboxylic acids is 2. The zero-order valence-corrected chi connectivity index (χ0v) is 16.5. The van der Waals surface area contributed by atoms with Crippen LogP contribution in [0.2, 0.25) is 0 Å². The van der Waals surface area contributed by atoms with E-state index in [0.29, 0.717) is 13.0 Å². The average Bonchev–Trinajstić information content (AvgIpc) is 3.01. The summed E-state index contributed by atoms with van der Waals surface area (Å²) >= 11 is 0. The molecule has 0 saturated carbocycles. The monoisotopic (exact) mass is 412 g/mol. The zero-order valence-electron chi connectivity index (χ0n) is 16.5. The van der Waals surface area contributed by atoms with Gasteiger partial charge in [-0.25, -0.2) is 14.4 Å². The smallest absolute Gasteiger partial charge is 0.410 e. The van der Waals surface area contributed by atoms with Crippen molar-refractivity contribution < 1.29 is 29.0 Å². The van der Waals surface area contributed by atoms with Crippen molar-refractivity contribution >= 4 is 18.2 Å². The van der Waals surface area contributed by atoms with Crippen molar-refractivity contribution in [1.29, 1.82) is 0 Å². The summed E-state index contributed by atoms with van der Waals surface area (Å²) in [5.41, 5.74) is 1.64. The highest BCUT2D eigenvalue weighted by molar-refractivity contribution is 5.81. The van der Waals surface area contributed by atoms with Gasteiger partial charge in [0.25, 0.3) is 0 Å². The van der Waals surface area contributed by atoms with Crippen LogP contribution >= 0.6 is 0 Å². The molecule has 0 aliphatic carbocycles. The highest BCUT2D eigenvalue weighted by Gasteiger charge is 2.36. The van der Waals surface area contributed by atoms with Crippen molar-refractivity contribution in [3.05, 3.63) is 71.8 Å². The van der Waals surface area contributed by atoms with Gasteiger partial charge in [0.15, 0.2) is 6.04 Å². The zero-order chi connectivity index (χ0) is 21.3. The Kier molecular flexibility index (Phi) is 7.26. The minimum Gasteiger partial charge on any atom is -0.480 e. The van der Waals surface area contributed by atoms with E-state index in [9.17, 15) is 19.5 Å². The summed E-state index contributed by atoms with van der Waals surface area (Å²) in [5, 5.41) is 9.65. The van der Waals surface area contributed by atoms with Crippen LogP contribution in [0.25, 0.3) is 0 Å². The Labute approximate surface area is 174 Å². The number of benzene rings is 2. The number of ether oxygens (including phenoxy) is 2. The van der Waals surface area contributed by atoms with Gasteiger partial charge in [-0.2, -0.15) is 0 Å². The molecule has 1 aliphatic heterocycles. The summed E-state index contributed by atoms with van der Waals surface area (Å²) in [7, 11) is 0. The van der Waals surface area contributed by atoms with Crippen LogP contribution in [0, 0.1) is 0 Å². The van der Waals surface area contributed by atoms with E-state index >= 15 is 0 Å². The first-order valence-corrected chi connectivity index (χ1v) is 9.70. The van der Waals surface area contributed by atoms with E-state index in [1.165, 1.54) is 4.90 Å². The van der Waals surface area contributed by atoms with Crippen LogP contribution in [-0.4, -0.2) is 58.7 Å². The first-order valence-electron chi connectivity index (χ1n) is 9.70. The Hall–Kier alpha value is -3.55. The second-order valence-electron chi connectivity index (χ2n) is 6.93. The molecule has 1 aliphatic rings. The van der Waals surface area contributed by atoms with Gasteiger partial charge in [-0.1, -0.05) is 60.7 Å². The fraction of sp³-hybridized carbons (Fsp3) is 0.318. The van der Waals surface area contributed by atoms with E-state index in [0.717, 1.165) is 16.0 Å². The van der Waals surface area contributed by atoms with Crippen molar-refractivity contribution in [1.82, 2.24) is 9.80 Å². The van der Waals surface area contributed by atoms with Crippen molar-refractivity contribution in [2.45, 2.75) is 25.7 Å². The molecule has 2 aromatic carbocycles. The molecule has 30 heavy (non-hydrogen) atoms.